The Hall–Kier alpha value is -2.43. The molecule has 5 nitrogen and oxygen atoms in total. The molecule has 0 aliphatic carbocycles. The van der Waals surface area contributed by atoms with Crippen LogP contribution in [0.5, 0.6) is 0 Å². The van der Waals surface area contributed by atoms with E-state index in [0.717, 1.165) is 5.39 Å². The van der Waals surface area contributed by atoms with Gasteiger partial charge in [0.15, 0.2) is 0 Å². The van der Waals surface area contributed by atoms with Crippen LogP contribution in [0.15, 0.2) is 36.5 Å². The van der Waals surface area contributed by atoms with E-state index >= 15 is 0 Å². The summed E-state index contributed by atoms with van der Waals surface area (Å²) in [6.45, 7) is 3.77. The van der Waals surface area contributed by atoms with Crippen molar-refractivity contribution in [2.24, 2.45) is 5.92 Å². The number of hydrogen-bond acceptors (Lipinski definition) is 3. The Morgan fingerprint density at radius 3 is 2.62 bits per heavy atom. The van der Waals surface area contributed by atoms with E-state index in [9.17, 15) is 9.59 Å². The third-order valence-electron chi connectivity index (χ3n) is 3.39. The molecule has 1 amide bonds. The topological polar surface area (TPSA) is 79.3 Å². The van der Waals surface area contributed by atoms with E-state index in [1.165, 1.54) is 0 Å². The molecule has 0 spiro atoms. The van der Waals surface area contributed by atoms with Gasteiger partial charge in [-0.3, -0.25) is 14.6 Å². The van der Waals surface area contributed by atoms with Crippen LogP contribution in [-0.4, -0.2) is 28.0 Å². The molecule has 0 fully saturated rings. The van der Waals surface area contributed by atoms with E-state index in [2.05, 4.69) is 10.3 Å². The number of benzene rings is 1. The minimum atomic E-state index is -0.926. The smallest absolute Gasteiger partial charge is 0.305 e. The Morgan fingerprint density at radius 1 is 1.24 bits per heavy atom. The van der Waals surface area contributed by atoms with Gasteiger partial charge >= 0.3 is 5.97 Å². The number of amides is 1. The molecule has 0 saturated heterocycles. The van der Waals surface area contributed by atoms with E-state index in [0.29, 0.717) is 11.1 Å². The third kappa shape index (κ3) is 3.56. The number of nitrogens with one attached hydrogen (secondary N) is 1. The number of carbonyl (C=O) groups is 2. The van der Waals surface area contributed by atoms with Gasteiger partial charge in [0.2, 0.25) is 0 Å². The Morgan fingerprint density at radius 2 is 1.95 bits per heavy atom. The monoisotopic (exact) mass is 286 g/mol. The molecule has 2 aromatic rings. The van der Waals surface area contributed by atoms with Crippen LogP contribution < -0.4 is 5.32 Å². The molecular weight excluding hydrogens is 268 g/mol. The van der Waals surface area contributed by atoms with Crippen molar-refractivity contribution in [1.82, 2.24) is 10.3 Å². The summed E-state index contributed by atoms with van der Waals surface area (Å²) in [5.74, 6) is -1.18. The fraction of sp³-hybridized carbons (Fsp3) is 0.312. The highest BCUT2D eigenvalue weighted by atomic mass is 16.4. The van der Waals surface area contributed by atoms with Crippen molar-refractivity contribution in [3.05, 3.63) is 42.1 Å². The first-order valence-electron chi connectivity index (χ1n) is 6.85. The van der Waals surface area contributed by atoms with Crippen molar-refractivity contribution in [3.8, 4) is 0 Å². The van der Waals surface area contributed by atoms with Crippen LogP contribution in [0, 0.1) is 5.92 Å². The second kappa shape index (κ2) is 6.35. The van der Waals surface area contributed by atoms with Gasteiger partial charge in [0.25, 0.3) is 5.91 Å². The zero-order chi connectivity index (χ0) is 15.4. The number of pyridine rings is 1. The van der Waals surface area contributed by atoms with Gasteiger partial charge in [-0.25, -0.2) is 0 Å². The Bertz CT molecular complexity index is 662. The van der Waals surface area contributed by atoms with Gasteiger partial charge in [-0.05, 0) is 18.1 Å². The molecule has 110 valence electrons. The van der Waals surface area contributed by atoms with E-state index in [4.69, 9.17) is 5.11 Å². The average molecular weight is 286 g/mol. The normalized spacial score (nSPS) is 12.3. The average Bonchev–Trinajstić information content (AvgIpc) is 2.45. The van der Waals surface area contributed by atoms with Crippen LogP contribution in [0.1, 0.15) is 30.6 Å². The van der Waals surface area contributed by atoms with Gasteiger partial charge in [-0.1, -0.05) is 32.0 Å². The standard InChI is InChI=1S/C16H18N2O3/c1-10(2)13(9-14(19)20)18-16(21)12-7-3-5-11-6-4-8-17-15(11)12/h3-8,10,13H,9H2,1-2H3,(H,18,21)(H,19,20). The molecule has 1 unspecified atom stereocenters. The molecule has 0 aliphatic heterocycles. The second-order valence-corrected chi connectivity index (χ2v) is 5.30. The molecule has 21 heavy (non-hydrogen) atoms. The Balaban J connectivity index is 2.27. The second-order valence-electron chi connectivity index (χ2n) is 5.30. The first-order chi connectivity index (χ1) is 9.99. The van der Waals surface area contributed by atoms with Crippen molar-refractivity contribution in [1.29, 1.82) is 0 Å². The van der Waals surface area contributed by atoms with Gasteiger partial charge < -0.3 is 10.4 Å². The summed E-state index contributed by atoms with van der Waals surface area (Å²) in [6, 6.07) is 8.66. The van der Waals surface area contributed by atoms with Crippen molar-refractivity contribution in [3.63, 3.8) is 0 Å². The molecule has 1 aromatic heterocycles. The van der Waals surface area contributed by atoms with Crippen molar-refractivity contribution in [2.75, 3.05) is 0 Å². The van der Waals surface area contributed by atoms with E-state index in [1.54, 1.807) is 18.3 Å². The van der Waals surface area contributed by atoms with Gasteiger partial charge in [-0.2, -0.15) is 0 Å². The van der Waals surface area contributed by atoms with E-state index < -0.39 is 12.0 Å². The molecule has 0 radical (unpaired) electrons. The maximum atomic E-state index is 12.4. The first-order valence-corrected chi connectivity index (χ1v) is 6.85. The third-order valence-corrected chi connectivity index (χ3v) is 3.39. The fourth-order valence-corrected chi connectivity index (χ4v) is 2.18. The molecule has 0 bridgehead atoms. The van der Waals surface area contributed by atoms with Crippen LogP contribution in [0.4, 0.5) is 0 Å². The lowest BCUT2D eigenvalue weighted by molar-refractivity contribution is -0.137. The maximum Gasteiger partial charge on any atom is 0.305 e. The molecule has 2 N–H and O–H groups in total. The minimum absolute atomic E-state index is 0.0352. The lowest BCUT2D eigenvalue weighted by Gasteiger charge is -2.20. The van der Waals surface area contributed by atoms with Crippen LogP contribution in [0.25, 0.3) is 10.9 Å². The minimum Gasteiger partial charge on any atom is -0.481 e. The summed E-state index contributed by atoms with van der Waals surface area (Å²) in [4.78, 5) is 27.5. The Kier molecular flexibility index (Phi) is 4.52. The number of carboxylic acids is 1. The number of hydrogen-bond donors (Lipinski definition) is 2. The van der Waals surface area contributed by atoms with Gasteiger partial charge in [0.1, 0.15) is 0 Å². The van der Waals surface area contributed by atoms with Gasteiger partial charge in [0, 0.05) is 17.6 Å². The van der Waals surface area contributed by atoms with Crippen LogP contribution >= 0.6 is 0 Å². The highest BCUT2D eigenvalue weighted by Crippen LogP contribution is 2.17. The molecule has 5 heteroatoms. The summed E-state index contributed by atoms with van der Waals surface area (Å²) >= 11 is 0. The molecule has 0 saturated carbocycles. The quantitative estimate of drug-likeness (QED) is 0.885. The van der Waals surface area contributed by atoms with Crippen molar-refractivity contribution < 1.29 is 14.7 Å². The Labute approximate surface area is 123 Å². The number of aliphatic carboxylic acids is 1. The summed E-state index contributed by atoms with van der Waals surface area (Å²) in [5.41, 5.74) is 1.08. The van der Waals surface area contributed by atoms with Crippen LogP contribution in [0.3, 0.4) is 0 Å². The van der Waals surface area contributed by atoms with Crippen LogP contribution in [0.2, 0.25) is 0 Å². The molecule has 0 aliphatic rings. The molecular formula is C16H18N2O3. The number of nitrogens with zero attached hydrogens (tertiary/aromatic N) is 1. The number of para-hydroxylation sites is 1. The predicted molar refractivity (Wildman–Crippen MR) is 80.1 cm³/mol. The fourth-order valence-electron chi connectivity index (χ4n) is 2.18. The number of carboxylic acid groups (broad SMARTS) is 1. The van der Waals surface area contributed by atoms with E-state index in [-0.39, 0.29) is 18.2 Å². The number of aromatic nitrogens is 1. The zero-order valence-corrected chi connectivity index (χ0v) is 12.0. The summed E-state index contributed by atoms with van der Waals surface area (Å²) in [5, 5.41) is 12.6. The van der Waals surface area contributed by atoms with Gasteiger partial charge in [-0.15, -0.1) is 0 Å². The first kappa shape index (κ1) is 15.0. The molecule has 1 heterocycles. The molecule has 1 aromatic carbocycles. The predicted octanol–water partition coefficient (Wildman–Crippen LogP) is 2.46. The molecule has 1 atom stereocenters. The number of rotatable bonds is 5. The lowest BCUT2D eigenvalue weighted by atomic mass is 10.00. The highest BCUT2D eigenvalue weighted by molar-refractivity contribution is 6.05. The number of fused-ring (bicyclic) bond motifs is 1. The van der Waals surface area contributed by atoms with Crippen molar-refractivity contribution >= 4 is 22.8 Å². The highest BCUT2D eigenvalue weighted by Gasteiger charge is 2.21. The number of carbonyl (C=O) groups excluding carboxylic acids is 1. The van der Waals surface area contributed by atoms with E-state index in [1.807, 2.05) is 32.0 Å². The zero-order valence-electron chi connectivity index (χ0n) is 12.0. The summed E-state index contributed by atoms with van der Waals surface area (Å²) < 4.78 is 0. The summed E-state index contributed by atoms with van der Waals surface area (Å²) in [6.07, 6.45) is 1.54. The lowest BCUT2D eigenvalue weighted by Crippen LogP contribution is -2.40. The molecule has 2 rings (SSSR count). The van der Waals surface area contributed by atoms with Crippen molar-refractivity contribution in [2.45, 2.75) is 26.3 Å². The van der Waals surface area contributed by atoms with Gasteiger partial charge in [0.05, 0.1) is 17.5 Å². The summed E-state index contributed by atoms with van der Waals surface area (Å²) in [7, 11) is 0. The SMILES string of the molecule is CC(C)C(CC(=O)O)NC(=O)c1cccc2cccnc12. The maximum absolute atomic E-state index is 12.4. The largest absolute Gasteiger partial charge is 0.481 e. The van der Waals surface area contributed by atoms with Crippen LogP contribution in [-0.2, 0) is 4.79 Å².